The lowest BCUT2D eigenvalue weighted by Gasteiger charge is -2.54. The summed E-state index contributed by atoms with van der Waals surface area (Å²) in [6, 6.07) is 15.1. The standard InChI is InChI=1S/C21H25N3/c22-21(23-19-7-3-5-15-4-1-2-6-18(15)19)24-20-16-9-13-8-14(11-16)12-17(20)10-13/h1-7,13-14,16-17,20H,8-12H2,(H3,22,23,24). The fourth-order valence-electron chi connectivity index (χ4n) is 5.83. The van der Waals surface area contributed by atoms with Crippen LogP contribution in [0.4, 0.5) is 5.69 Å². The van der Waals surface area contributed by atoms with E-state index in [1.54, 1.807) is 0 Å². The lowest BCUT2D eigenvalue weighted by molar-refractivity contribution is -0.00694. The molecular formula is C21H25N3. The highest BCUT2D eigenvalue weighted by molar-refractivity contribution is 6.02. The quantitative estimate of drug-likeness (QED) is 0.559. The fourth-order valence-corrected chi connectivity index (χ4v) is 5.83. The maximum atomic E-state index is 8.46. The third kappa shape index (κ3) is 2.38. The first-order chi connectivity index (χ1) is 11.8. The van der Waals surface area contributed by atoms with Crippen molar-refractivity contribution < 1.29 is 0 Å². The van der Waals surface area contributed by atoms with Crippen molar-refractivity contribution in [2.24, 2.45) is 23.7 Å². The Hall–Kier alpha value is -2.03. The summed E-state index contributed by atoms with van der Waals surface area (Å²) in [6.45, 7) is 0. The van der Waals surface area contributed by atoms with Gasteiger partial charge in [0.2, 0.25) is 0 Å². The zero-order chi connectivity index (χ0) is 16.1. The molecule has 3 heteroatoms. The van der Waals surface area contributed by atoms with E-state index in [0.717, 1.165) is 29.4 Å². The van der Waals surface area contributed by atoms with Gasteiger partial charge in [-0.3, -0.25) is 5.41 Å². The summed E-state index contributed by atoms with van der Waals surface area (Å²) in [4.78, 5) is 0. The van der Waals surface area contributed by atoms with Crippen LogP contribution in [0.2, 0.25) is 0 Å². The van der Waals surface area contributed by atoms with Crippen molar-refractivity contribution in [1.82, 2.24) is 5.32 Å². The maximum absolute atomic E-state index is 8.46. The second-order valence-corrected chi connectivity index (χ2v) is 8.13. The van der Waals surface area contributed by atoms with E-state index in [4.69, 9.17) is 5.41 Å². The third-order valence-electron chi connectivity index (χ3n) is 6.59. The van der Waals surface area contributed by atoms with Gasteiger partial charge in [0.15, 0.2) is 5.96 Å². The van der Waals surface area contributed by atoms with Gasteiger partial charge >= 0.3 is 0 Å². The molecule has 2 aromatic carbocycles. The van der Waals surface area contributed by atoms with E-state index in [1.165, 1.54) is 42.9 Å². The van der Waals surface area contributed by atoms with E-state index in [1.807, 2.05) is 0 Å². The van der Waals surface area contributed by atoms with Gasteiger partial charge in [0.05, 0.1) is 0 Å². The summed E-state index contributed by atoms with van der Waals surface area (Å²) in [5, 5.41) is 17.7. The average Bonchev–Trinajstić information content (AvgIpc) is 2.58. The van der Waals surface area contributed by atoms with Gasteiger partial charge in [-0.05, 0) is 67.2 Å². The molecule has 0 amide bonds. The minimum Gasteiger partial charge on any atom is -0.353 e. The van der Waals surface area contributed by atoms with Gasteiger partial charge in [-0.1, -0.05) is 36.4 Å². The van der Waals surface area contributed by atoms with Crippen LogP contribution in [0, 0.1) is 29.1 Å². The molecule has 3 nitrogen and oxygen atoms in total. The smallest absolute Gasteiger partial charge is 0.193 e. The number of rotatable bonds is 2. The first kappa shape index (κ1) is 14.3. The summed E-state index contributed by atoms with van der Waals surface area (Å²) in [6.07, 6.45) is 7.00. The molecule has 0 unspecified atom stereocenters. The van der Waals surface area contributed by atoms with Gasteiger partial charge < -0.3 is 10.6 Å². The molecule has 6 rings (SSSR count). The molecule has 3 N–H and O–H groups in total. The highest BCUT2D eigenvalue weighted by atomic mass is 15.2. The Balaban J connectivity index is 1.32. The van der Waals surface area contributed by atoms with Crippen LogP contribution in [-0.4, -0.2) is 12.0 Å². The van der Waals surface area contributed by atoms with Crippen LogP contribution in [0.1, 0.15) is 32.1 Å². The van der Waals surface area contributed by atoms with Crippen molar-refractivity contribution in [1.29, 1.82) is 5.41 Å². The summed E-state index contributed by atoms with van der Waals surface area (Å²) < 4.78 is 0. The van der Waals surface area contributed by atoms with E-state index < -0.39 is 0 Å². The molecular weight excluding hydrogens is 294 g/mol. The van der Waals surface area contributed by atoms with E-state index >= 15 is 0 Å². The molecule has 4 fully saturated rings. The Bertz CT molecular complexity index is 748. The Morgan fingerprint density at radius 1 is 0.833 bits per heavy atom. The molecule has 0 atom stereocenters. The number of fused-ring (bicyclic) bond motifs is 1. The molecule has 0 saturated heterocycles. The number of guanidine groups is 1. The molecule has 0 heterocycles. The van der Waals surface area contributed by atoms with E-state index in [9.17, 15) is 0 Å². The number of benzene rings is 2. The molecule has 4 aliphatic rings. The van der Waals surface area contributed by atoms with Gasteiger partial charge in [-0.25, -0.2) is 0 Å². The predicted octanol–water partition coefficient (Wildman–Crippen LogP) is 4.60. The Morgan fingerprint density at radius 2 is 1.50 bits per heavy atom. The van der Waals surface area contributed by atoms with Crippen LogP contribution in [0.3, 0.4) is 0 Å². The summed E-state index contributed by atoms with van der Waals surface area (Å²) in [7, 11) is 0. The van der Waals surface area contributed by atoms with Gasteiger partial charge in [-0.15, -0.1) is 0 Å². The minimum atomic E-state index is 0.462. The van der Waals surface area contributed by atoms with Crippen molar-refractivity contribution in [2.75, 3.05) is 5.32 Å². The molecule has 2 aromatic rings. The summed E-state index contributed by atoms with van der Waals surface area (Å²) >= 11 is 0. The molecule has 4 saturated carbocycles. The zero-order valence-electron chi connectivity index (χ0n) is 14.0. The van der Waals surface area contributed by atoms with Crippen LogP contribution in [0.5, 0.6) is 0 Å². The molecule has 0 radical (unpaired) electrons. The second kappa shape index (κ2) is 5.51. The van der Waals surface area contributed by atoms with Crippen molar-refractivity contribution in [2.45, 2.75) is 38.1 Å². The topological polar surface area (TPSA) is 47.9 Å². The summed E-state index contributed by atoms with van der Waals surface area (Å²) in [5.41, 5.74) is 1.02. The molecule has 24 heavy (non-hydrogen) atoms. The highest BCUT2D eigenvalue weighted by Crippen LogP contribution is 2.53. The van der Waals surface area contributed by atoms with Crippen LogP contribution in [-0.2, 0) is 0 Å². The second-order valence-electron chi connectivity index (χ2n) is 8.13. The monoisotopic (exact) mass is 319 g/mol. The van der Waals surface area contributed by atoms with Crippen molar-refractivity contribution in [3.05, 3.63) is 42.5 Å². The largest absolute Gasteiger partial charge is 0.353 e. The molecule has 0 aliphatic heterocycles. The average molecular weight is 319 g/mol. The minimum absolute atomic E-state index is 0.462. The van der Waals surface area contributed by atoms with Crippen LogP contribution in [0.15, 0.2) is 42.5 Å². The van der Waals surface area contributed by atoms with Gasteiger partial charge in [-0.2, -0.15) is 0 Å². The van der Waals surface area contributed by atoms with E-state index in [2.05, 4.69) is 53.1 Å². The fraction of sp³-hybridized carbons (Fsp3) is 0.476. The van der Waals surface area contributed by atoms with Crippen LogP contribution >= 0.6 is 0 Å². The number of anilines is 1. The maximum Gasteiger partial charge on any atom is 0.193 e. The van der Waals surface area contributed by atoms with Gasteiger partial charge in [0, 0.05) is 17.1 Å². The predicted molar refractivity (Wildman–Crippen MR) is 99.3 cm³/mol. The number of hydrogen-bond acceptors (Lipinski definition) is 1. The first-order valence-corrected chi connectivity index (χ1v) is 9.36. The van der Waals surface area contributed by atoms with Crippen molar-refractivity contribution in [3.63, 3.8) is 0 Å². The Morgan fingerprint density at radius 3 is 2.25 bits per heavy atom. The first-order valence-electron chi connectivity index (χ1n) is 9.36. The normalized spacial score (nSPS) is 33.6. The summed E-state index contributed by atoms with van der Waals surface area (Å²) in [5.74, 6) is 3.99. The van der Waals surface area contributed by atoms with Crippen molar-refractivity contribution >= 4 is 22.4 Å². The number of hydrogen-bond donors (Lipinski definition) is 3. The number of nitrogens with one attached hydrogen (secondary N) is 3. The zero-order valence-corrected chi connectivity index (χ0v) is 14.0. The molecule has 4 bridgehead atoms. The van der Waals surface area contributed by atoms with E-state index in [0.29, 0.717) is 12.0 Å². The SMILES string of the molecule is N=C(Nc1cccc2ccccc12)NC1C2CC3CC(C2)CC1C3. The van der Waals surface area contributed by atoms with Gasteiger partial charge in [0.25, 0.3) is 0 Å². The lowest BCUT2D eigenvalue weighted by atomic mass is 9.54. The molecule has 4 aliphatic carbocycles. The molecule has 0 spiro atoms. The highest BCUT2D eigenvalue weighted by Gasteiger charge is 2.48. The van der Waals surface area contributed by atoms with E-state index in [-0.39, 0.29) is 0 Å². The Labute approximate surface area is 143 Å². The molecule has 124 valence electrons. The molecule has 0 aromatic heterocycles. The lowest BCUT2D eigenvalue weighted by Crippen LogP contribution is -2.56. The van der Waals surface area contributed by atoms with Crippen molar-refractivity contribution in [3.8, 4) is 0 Å². The van der Waals surface area contributed by atoms with Gasteiger partial charge in [0.1, 0.15) is 0 Å². The van der Waals surface area contributed by atoms with Crippen LogP contribution in [0.25, 0.3) is 10.8 Å². The van der Waals surface area contributed by atoms with Crippen LogP contribution < -0.4 is 10.6 Å². The Kier molecular flexibility index (Phi) is 3.29. The third-order valence-corrected chi connectivity index (χ3v) is 6.59.